The van der Waals surface area contributed by atoms with Crippen LogP contribution in [0.1, 0.15) is 22.2 Å². The van der Waals surface area contributed by atoms with Crippen LogP contribution < -0.4 is 11.1 Å². The Hall–Kier alpha value is -2.41. The number of likely N-dealkylation sites (N-methyl/N-ethyl adjacent to an activating group) is 1. The molecule has 4 N–H and O–H groups in total. The zero-order valence-electron chi connectivity index (χ0n) is 11.5. The van der Waals surface area contributed by atoms with Crippen molar-refractivity contribution in [3.8, 4) is 0 Å². The maximum Gasteiger partial charge on any atom is 0.289 e. The van der Waals surface area contributed by atoms with Gasteiger partial charge in [0.15, 0.2) is 0 Å². The molecule has 7 nitrogen and oxygen atoms in total. The van der Waals surface area contributed by atoms with Gasteiger partial charge < -0.3 is 16.0 Å². The summed E-state index contributed by atoms with van der Waals surface area (Å²) in [5, 5.41) is 9.08. The van der Waals surface area contributed by atoms with Gasteiger partial charge in [0.2, 0.25) is 11.8 Å². The van der Waals surface area contributed by atoms with Crippen LogP contribution in [0.15, 0.2) is 30.3 Å². The van der Waals surface area contributed by atoms with E-state index in [0.29, 0.717) is 6.54 Å². The van der Waals surface area contributed by atoms with Crippen molar-refractivity contribution in [1.29, 1.82) is 0 Å². The number of carbonyl (C=O) groups is 1. The molecule has 7 heteroatoms. The highest BCUT2D eigenvalue weighted by molar-refractivity contribution is 5.90. The Morgan fingerprint density at radius 2 is 2.10 bits per heavy atom. The molecular weight excluding hydrogens is 256 g/mol. The number of hydrogen-bond donors (Lipinski definition) is 3. The van der Waals surface area contributed by atoms with Crippen molar-refractivity contribution in [2.45, 2.75) is 6.04 Å². The van der Waals surface area contributed by atoms with Crippen molar-refractivity contribution in [3.05, 3.63) is 41.7 Å². The van der Waals surface area contributed by atoms with E-state index in [1.807, 2.05) is 49.3 Å². The summed E-state index contributed by atoms with van der Waals surface area (Å²) >= 11 is 0. The van der Waals surface area contributed by atoms with Gasteiger partial charge in [-0.3, -0.25) is 9.89 Å². The highest BCUT2D eigenvalue weighted by Crippen LogP contribution is 2.13. The van der Waals surface area contributed by atoms with Gasteiger partial charge in [-0.15, -0.1) is 5.10 Å². The second kappa shape index (κ2) is 6.16. The number of aromatic amines is 1. The molecule has 1 aromatic carbocycles. The predicted octanol–water partition coefficient (Wildman–Crippen LogP) is 0.420. The summed E-state index contributed by atoms with van der Waals surface area (Å²) in [6.07, 6.45) is 0. The van der Waals surface area contributed by atoms with Crippen LogP contribution in [0.4, 0.5) is 5.95 Å². The number of carbonyl (C=O) groups excluding carboxylic acids is 1. The summed E-state index contributed by atoms with van der Waals surface area (Å²) in [5.74, 6) is -0.161. The minimum absolute atomic E-state index is 0.0546. The molecule has 1 atom stereocenters. The maximum absolute atomic E-state index is 12.1. The van der Waals surface area contributed by atoms with Crippen molar-refractivity contribution in [2.24, 2.45) is 0 Å². The summed E-state index contributed by atoms with van der Waals surface area (Å²) in [6, 6.07) is 9.64. The van der Waals surface area contributed by atoms with Gasteiger partial charge in [0.25, 0.3) is 5.91 Å². The zero-order chi connectivity index (χ0) is 14.5. The summed E-state index contributed by atoms with van der Waals surface area (Å²) < 4.78 is 0. The Balaban J connectivity index is 2.14. The van der Waals surface area contributed by atoms with E-state index in [4.69, 9.17) is 5.73 Å². The van der Waals surface area contributed by atoms with Crippen molar-refractivity contribution in [2.75, 3.05) is 26.4 Å². The van der Waals surface area contributed by atoms with Crippen LogP contribution >= 0.6 is 0 Å². The molecular formula is C13H18N6O. The lowest BCUT2D eigenvalue weighted by atomic mass is 10.1. The molecule has 1 heterocycles. The van der Waals surface area contributed by atoms with Gasteiger partial charge in [-0.1, -0.05) is 30.3 Å². The highest BCUT2D eigenvalue weighted by Gasteiger charge is 2.18. The monoisotopic (exact) mass is 274 g/mol. The first-order valence-corrected chi connectivity index (χ1v) is 6.24. The number of rotatable bonds is 5. The van der Waals surface area contributed by atoms with Crippen molar-refractivity contribution < 1.29 is 4.79 Å². The molecule has 0 radical (unpaired) electrons. The van der Waals surface area contributed by atoms with Gasteiger partial charge in [-0.05, 0) is 19.7 Å². The van der Waals surface area contributed by atoms with Gasteiger partial charge in [-0.25, -0.2) is 0 Å². The summed E-state index contributed by atoms with van der Waals surface area (Å²) in [5.41, 5.74) is 6.43. The third-order valence-electron chi connectivity index (χ3n) is 2.77. The second-order valence-corrected chi connectivity index (χ2v) is 4.74. The predicted molar refractivity (Wildman–Crippen MR) is 76.0 cm³/mol. The molecule has 0 aliphatic heterocycles. The van der Waals surface area contributed by atoms with E-state index in [1.54, 1.807) is 0 Å². The quantitative estimate of drug-likeness (QED) is 0.733. The molecule has 0 aliphatic rings. The molecule has 1 amide bonds. The number of nitrogens with zero attached hydrogens (tertiary/aromatic N) is 3. The number of aromatic nitrogens is 3. The molecule has 20 heavy (non-hydrogen) atoms. The van der Waals surface area contributed by atoms with Crippen molar-refractivity contribution in [1.82, 2.24) is 25.4 Å². The Labute approximate surface area is 117 Å². The number of benzene rings is 1. The molecule has 0 aliphatic carbocycles. The minimum Gasteiger partial charge on any atom is -0.366 e. The standard InChI is InChI=1S/C13H18N6O/c1-19(2)8-10(9-6-4-3-5-7-9)15-12(20)11-16-13(14)18-17-11/h3-7,10H,8H2,1-2H3,(H,15,20)(H3,14,16,17,18). The number of nitrogens with two attached hydrogens (primary N) is 1. The van der Waals surface area contributed by atoms with Crippen LogP contribution in [0.25, 0.3) is 0 Å². The maximum atomic E-state index is 12.1. The molecule has 106 valence electrons. The van der Waals surface area contributed by atoms with E-state index in [0.717, 1.165) is 5.56 Å². The van der Waals surface area contributed by atoms with Crippen LogP contribution in [0.3, 0.4) is 0 Å². The topological polar surface area (TPSA) is 99.9 Å². The number of nitrogen functional groups attached to an aromatic ring is 1. The average molecular weight is 274 g/mol. The van der Waals surface area contributed by atoms with Gasteiger partial charge in [0, 0.05) is 6.54 Å². The summed E-state index contributed by atoms with van der Waals surface area (Å²) in [7, 11) is 3.91. The van der Waals surface area contributed by atoms with Crippen LogP contribution in [-0.4, -0.2) is 46.6 Å². The Bertz CT molecular complexity index is 565. The SMILES string of the molecule is CN(C)CC(NC(=O)c1nc(N)n[nH]1)c1ccccc1. The molecule has 1 unspecified atom stereocenters. The number of anilines is 1. The number of hydrogen-bond acceptors (Lipinski definition) is 5. The van der Waals surface area contributed by atoms with E-state index in [9.17, 15) is 4.79 Å². The highest BCUT2D eigenvalue weighted by atomic mass is 16.2. The van der Waals surface area contributed by atoms with Crippen LogP contribution in [0.2, 0.25) is 0 Å². The van der Waals surface area contributed by atoms with Crippen LogP contribution in [0, 0.1) is 0 Å². The Morgan fingerprint density at radius 3 is 2.65 bits per heavy atom. The van der Waals surface area contributed by atoms with Gasteiger partial charge in [0.05, 0.1) is 6.04 Å². The lowest BCUT2D eigenvalue weighted by Crippen LogP contribution is -2.35. The first-order valence-electron chi connectivity index (χ1n) is 6.24. The zero-order valence-corrected chi connectivity index (χ0v) is 11.5. The first kappa shape index (κ1) is 14.0. The van der Waals surface area contributed by atoms with E-state index < -0.39 is 0 Å². The molecule has 0 saturated heterocycles. The number of amides is 1. The molecule has 0 bridgehead atoms. The van der Waals surface area contributed by atoms with Crippen molar-refractivity contribution >= 4 is 11.9 Å². The second-order valence-electron chi connectivity index (χ2n) is 4.74. The Kier molecular flexibility index (Phi) is 4.31. The average Bonchev–Trinajstić information content (AvgIpc) is 2.85. The third-order valence-corrected chi connectivity index (χ3v) is 2.77. The van der Waals surface area contributed by atoms with Gasteiger partial charge in [-0.2, -0.15) is 4.98 Å². The van der Waals surface area contributed by atoms with E-state index in [1.165, 1.54) is 0 Å². The van der Waals surface area contributed by atoms with Crippen LogP contribution in [0.5, 0.6) is 0 Å². The first-order chi connectivity index (χ1) is 9.56. The van der Waals surface area contributed by atoms with Crippen LogP contribution in [-0.2, 0) is 0 Å². The molecule has 1 aromatic heterocycles. The normalized spacial score (nSPS) is 12.3. The molecule has 0 saturated carbocycles. The smallest absolute Gasteiger partial charge is 0.289 e. The van der Waals surface area contributed by atoms with Gasteiger partial charge >= 0.3 is 0 Å². The summed E-state index contributed by atoms with van der Waals surface area (Å²) in [4.78, 5) is 17.9. The fourth-order valence-corrected chi connectivity index (χ4v) is 1.89. The molecule has 2 rings (SSSR count). The molecule has 0 spiro atoms. The number of H-pyrrole nitrogens is 1. The largest absolute Gasteiger partial charge is 0.366 e. The van der Waals surface area contributed by atoms with Gasteiger partial charge in [0.1, 0.15) is 0 Å². The minimum atomic E-state index is -0.329. The number of nitrogens with one attached hydrogen (secondary N) is 2. The fraction of sp³-hybridized carbons (Fsp3) is 0.308. The van der Waals surface area contributed by atoms with E-state index in [-0.39, 0.29) is 23.7 Å². The van der Waals surface area contributed by atoms with E-state index in [2.05, 4.69) is 20.5 Å². The lowest BCUT2D eigenvalue weighted by Gasteiger charge is -2.22. The molecule has 2 aromatic rings. The molecule has 0 fully saturated rings. The Morgan fingerprint density at radius 1 is 1.40 bits per heavy atom. The van der Waals surface area contributed by atoms with E-state index >= 15 is 0 Å². The fourth-order valence-electron chi connectivity index (χ4n) is 1.89. The lowest BCUT2D eigenvalue weighted by molar-refractivity contribution is 0.0920. The summed E-state index contributed by atoms with van der Waals surface area (Å²) in [6.45, 7) is 0.680. The van der Waals surface area contributed by atoms with Crippen molar-refractivity contribution in [3.63, 3.8) is 0 Å². The third kappa shape index (κ3) is 3.55.